The molecule has 0 saturated carbocycles. The number of methoxy groups -OCH3 is 2. The third kappa shape index (κ3) is 4.74. The number of hydrogen-bond acceptors (Lipinski definition) is 8. The van der Waals surface area contributed by atoms with E-state index in [4.69, 9.17) is 23.7 Å². The zero-order valence-corrected chi connectivity index (χ0v) is 23.7. The Balaban J connectivity index is 0.00000304. The molecule has 1 radical (unpaired) electrons. The number of phenols is 1. The number of aliphatic hydroxyl groups is 1. The molecule has 1 aliphatic heterocycles. The van der Waals surface area contributed by atoms with E-state index in [1.165, 1.54) is 7.11 Å². The minimum absolute atomic E-state index is 0. The van der Waals surface area contributed by atoms with Crippen LogP contribution in [0.1, 0.15) is 34.1 Å². The second kappa shape index (κ2) is 11.2. The maximum Gasteiger partial charge on any atom is 0.310 e. The van der Waals surface area contributed by atoms with Gasteiger partial charge in [-0.15, -0.1) is 0 Å². The Hall–Kier alpha value is -2.55. The Morgan fingerprint density at radius 3 is 2.47 bits per heavy atom. The standard InChI is InChI=1S/C27H26O8.Pr/c1-31-17-5-7-19(22(13-17)33-10-9-28)25-20-12-16(29)4-6-18(20)24(26(25)27(30)32-2)15-3-8-21-23(11-15)35-14-34-21;/h3-8,11-13,24-26,28-29H,9-10,14H2,1-2H3;/t24-,25+,26-;/m0./s1. The van der Waals surface area contributed by atoms with Crippen LogP contribution in [0.4, 0.5) is 0 Å². The molecule has 2 N–H and O–H groups in total. The minimum atomic E-state index is -0.651. The zero-order chi connectivity index (χ0) is 24.5. The number of ether oxygens (including phenoxy) is 5. The van der Waals surface area contributed by atoms with Crippen LogP contribution in [0.15, 0.2) is 54.6 Å². The molecule has 0 spiro atoms. The molecule has 0 saturated heterocycles. The van der Waals surface area contributed by atoms with Crippen LogP contribution in [-0.2, 0) is 9.53 Å². The molecule has 36 heavy (non-hydrogen) atoms. The zero-order valence-electron chi connectivity index (χ0n) is 20.0. The molecule has 5 rings (SSSR count). The molecular weight excluding hydrogens is 593 g/mol. The second-order valence-electron chi connectivity index (χ2n) is 8.41. The van der Waals surface area contributed by atoms with Crippen molar-refractivity contribution < 1.29 is 80.0 Å². The largest absolute Gasteiger partial charge is 0.508 e. The van der Waals surface area contributed by atoms with Gasteiger partial charge in [-0.2, -0.15) is 0 Å². The van der Waals surface area contributed by atoms with Crippen molar-refractivity contribution in [2.75, 3.05) is 34.2 Å². The smallest absolute Gasteiger partial charge is 0.310 e. The molecule has 2 aliphatic rings. The number of phenolic OH excluding ortho intramolecular Hbond substituents is 1. The van der Waals surface area contributed by atoms with E-state index < -0.39 is 17.8 Å². The molecule has 3 aromatic rings. The predicted molar refractivity (Wildman–Crippen MR) is 125 cm³/mol. The summed E-state index contributed by atoms with van der Waals surface area (Å²) < 4.78 is 27.6. The van der Waals surface area contributed by atoms with Gasteiger partial charge < -0.3 is 33.9 Å². The van der Waals surface area contributed by atoms with Crippen LogP contribution in [0, 0.1) is 47.2 Å². The van der Waals surface area contributed by atoms with Crippen molar-refractivity contribution >= 4 is 5.97 Å². The van der Waals surface area contributed by atoms with Gasteiger partial charge in [0.1, 0.15) is 23.9 Å². The monoisotopic (exact) mass is 619 g/mol. The molecule has 0 unspecified atom stereocenters. The number of hydrogen-bond donors (Lipinski definition) is 2. The van der Waals surface area contributed by atoms with Gasteiger partial charge in [0.25, 0.3) is 0 Å². The van der Waals surface area contributed by atoms with Gasteiger partial charge in [0.2, 0.25) is 6.79 Å². The summed E-state index contributed by atoms with van der Waals surface area (Å²) in [5, 5.41) is 19.7. The quantitative estimate of drug-likeness (QED) is 0.388. The third-order valence-electron chi connectivity index (χ3n) is 6.59. The van der Waals surface area contributed by atoms with Gasteiger partial charge in [0, 0.05) is 64.8 Å². The Labute approximate surface area is 242 Å². The average molecular weight is 619 g/mol. The molecule has 9 heteroatoms. The second-order valence-corrected chi connectivity index (χ2v) is 8.41. The third-order valence-corrected chi connectivity index (χ3v) is 6.59. The fourth-order valence-electron chi connectivity index (χ4n) is 5.14. The number of aromatic hydroxyl groups is 1. The number of carbonyl (C=O) groups excluding carboxylic acids is 1. The van der Waals surface area contributed by atoms with E-state index in [2.05, 4.69) is 0 Å². The summed E-state index contributed by atoms with van der Waals surface area (Å²) in [6.45, 7) is 0.0571. The first-order chi connectivity index (χ1) is 17.0. The van der Waals surface area contributed by atoms with E-state index in [1.54, 1.807) is 31.4 Å². The first-order valence-electron chi connectivity index (χ1n) is 11.3. The summed E-state index contributed by atoms with van der Waals surface area (Å²) >= 11 is 0. The molecule has 1 aliphatic carbocycles. The summed E-state index contributed by atoms with van der Waals surface area (Å²) in [4.78, 5) is 13.4. The van der Waals surface area contributed by atoms with Crippen molar-refractivity contribution in [3.63, 3.8) is 0 Å². The molecule has 0 bridgehead atoms. The number of fused-ring (bicyclic) bond motifs is 2. The van der Waals surface area contributed by atoms with Crippen molar-refractivity contribution in [3.8, 4) is 28.7 Å². The van der Waals surface area contributed by atoms with E-state index in [0.29, 0.717) is 23.0 Å². The fraction of sp³-hybridized carbons (Fsp3) is 0.296. The van der Waals surface area contributed by atoms with Crippen molar-refractivity contribution in [3.05, 3.63) is 76.9 Å². The summed E-state index contributed by atoms with van der Waals surface area (Å²) in [7, 11) is 2.93. The van der Waals surface area contributed by atoms with Gasteiger partial charge in [0.05, 0.1) is 26.7 Å². The molecule has 1 heterocycles. The summed E-state index contributed by atoms with van der Waals surface area (Å²) in [6.07, 6.45) is 0. The normalized spacial score (nSPS) is 19.2. The summed E-state index contributed by atoms with van der Waals surface area (Å²) in [5.74, 6) is 0.528. The first-order valence-corrected chi connectivity index (χ1v) is 11.3. The van der Waals surface area contributed by atoms with Crippen LogP contribution in [-0.4, -0.2) is 50.4 Å². The maximum absolute atomic E-state index is 13.4. The number of aliphatic hydroxyl groups excluding tert-OH is 1. The Morgan fingerprint density at radius 2 is 1.72 bits per heavy atom. The van der Waals surface area contributed by atoms with E-state index in [-0.39, 0.29) is 73.0 Å². The van der Waals surface area contributed by atoms with Crippen LogP contribution in [0.3, 0.4) is 0 Å². The average Bonchev–Trinajstić information content (AvgIpc) is 3.48. The van der Waals surface area contributed by atoms with Crippen molar-refractivity contribution in [2.24, 2.45) is 5.92 Å². The van der Waals surface area contributed by atoms with E-state index in [9.17, 15) is 15.0 Å². The molecule has 0 amide bonds. The Kier molecular flexibility index (Phi) is 8.28. The topological polar surface area (TPSA) is 104 Å². The molecule has 8 nitrogen and oxygen atoms in total. The van der Waals surface area contributed by atoms with Gasteiger partial charge >= 0.3 is 5.97 Å². The van der Waals surface area contributed by atoms with Gasteiger partial charge in [-0.3, -0.25) is 4.79 Å². The van der Waals surface area contributed by atoms with Crippen LogP contribution < -0.4 is 18.9 Å². The van der Waals surface area contributed by atoms with E-state index >= 15 is 0 Å². The minimum Gasteiger partial charge on any atom is -0.508 e. The van der Waals surface area contributed by atoms with Gasteiger partial charge in [-0.05, 0) is 47.0 Å². The molecule has 0 fully saturated rings. The maximum atomic E-state index is 13.4. The predicted octanol–water partition coefficient (Wildman–Crippen LogP) is 3.57. The number of carbonyl (C=O) groups is 1. The Morgan fingerprint density at radius 1 is 0.944 bits per heavy atom. The van der Waals surface area contributed by atoms with Crippen LogP contribution in [0.5, 0.6) is 28.7 Å². The molecule has 3 aromatic carbocycles. The van der Waals surface area contributed by atoms with Crippen molar-refractivity contribution in [1.29, 1.82) is 0 Å². The number of esters is 1. The molecular formula is C27H26O8Pr. The van der Waals surface area contributed by atoms with Gasteiger partial charge in [-0.25, -0.2) is 0 Å². The molecule has 3 atom stereocenters. The summed E-state index contributed by atoms with van der Waals surface area (Å²) in [5.41, 5.74) is 3.28. The number of benzene rings is 3. The van der Waals surface area contributed by atoms with Crippen molar-refractivity contribution in [1.82, 2.24) is 0 Å². The number of rotatable bonds is 7. The Bertz CT molecular complexity index is 1260. The van der Waals surface area contributed by atoms with Gasteiger partial charge in [-0.1, -0.05) is 18.2 Å². The van der Waals surface area contributed by atoms with Crippen molar-refractivity contribution in [2.45, 2.75) is 11.8 Å². The van der Waals surface area contributed by atoms with E-state index in [0.717, 1.165) is 22.3 Å². The van der Waals surface area contributed by atoms with Gasteiger partial charge in [0.15, 0.2) is 11.5 Å². The van der Waals surface area contributed by atoms with Crippen LogP contribution in [0.25, 0.3) is 0 Å². The SMILES string of the molecule is COC(=O)[C@@H]1[C@H](c2ccc(OC)cc2OCCO)c2cc(O)ccc2[C@@H]1c1ccc2c(c1)OCO2.[Pr]. The molecule has 185 valence electrons. The molecule has 0 aromatic heterocycles. The first kappa shape index (κ1) is 26.5. The van der Waals surface area contributed by atoms with Crippen LogP contribution >= 0.6 is 0 Å². The van der Waals surface area contributed by atoms with E-state index in [1.807, 2.05) is 30.3 Å². The fourth-order valence-corrected chi connectivity index (χ4v) is 5.14. The summed E-state index contributed by atoms with van der Waals surface area (Å²) in [6, 6.07) is 16.2. The van der Waals surface area contributed by atoms with Crippen LogP contribution in [0.2, 0.25) is 0 Å².